The Labute approximate surface area is 101 Å². The van der Waals surface area contributed by atoms with Crippen molar-refractivity contribution in [2.75, 3.05) is 6.54 Å². The number of carbonyl (C=O) groups is 1. The quantitative estimate of drug-likeness (QED) is 0.717. The van der Waals surface area contributed by atoms with Crippen LogP contribution in [0, 0.1) is 0 Å². The summed E-state index contributed by atoms with van der Waals surface area (Å²) in [6.07, 6.45) is 0.0886. The average Bonchev–Trinajstić information content (AvgIpc) is 2.77. The lowest BCUT2D eigenvalue weighted by atomic mass is 10.1. The van der Waals surface area contributed by atoms with Crippen LogP contribution in [-0.2, 0) is 4.79 Å². The van der Waals surface area contributed by atoms with Gasteiger partial charge in [0.1, 0.15) is 0 Å². The van der Waals surface area contributed by atoms with Crippen LogP contribution in [0.2, 0.25) is 0 Å². The summed E-state index contributed by atoms with van der Waals surface area (Å²) in [6.45, 7) is 2.45. The van der Waals surface area contributed by atoms with Crippen molar-refractivity contribution >= 4 is 5.91 Å². The number of benzene rings is 1. The van der Waals surface area contributed by atoms with E-state index < -0.39 is 6.10 Å². The first-order chi connectivity index (χ1) is 8.16. The molecule has 1 aromatic carbocycles. The molecule has 2 rings (SSSR count). The minimum Gasteiger partial charge on any atom is -0.392 e. The van der Waals surface area contributed by atoms with Crippen molar-refractivity contribution < 1.29 is 9.90 Å². The van der Waals surface area contributed by atoms with E-state index in [0.29, 0.717) is 13.0 Å². The largest absolute Gasteiger partial charge is 0.392 e. The first-order valence-corrected chi connectivity index (χ1v) is 5.93. The Morgan fingerprint density at radius 2 is 2.18 bits per heavy atom. The molecule has 1 aromatic rings. The van der Waals surface area contributed by atoms with E-state index in [1.54, 1.807) is 0 Å². The van der Waals surface area contributed by atoms with E-state index in [1.807, 2.05) is 37.3 Å². The number of amides is 1. The zero-order valence-electron chi connectivity index (χ0n) is 9.89. The van der Waals surface area contributed by atoms with Crippen LogP contribution in [0.25, 0.3) is 0 Å². The first kappa shape index (κ1) is 12.1. The lowest BCUT2D eigenvalue weighted by molar-refractivity contribution is -0.123. The van der Waals surface area contributed by atoms with Crippen LogP contribution in [0.3, 0.4) is 0 Å². The number of β-amino-alcohol motifs (C(OH)–C–C–N with tert-alkyl or cyclic N) is 1. The van der Waals surface area contributed by atoms with E-state index in [-0.39, 0.29) is 18.0 Å². The minimum atomic E-state index is -0.405. The Hall–Kier alpha value is -1.39. The van der Waals surface area contributed by atoms with Gasteiger partial charge in [0.05, 0.1) is 18.2 Å². The summed E-state index contributed by atoms with van der Waals surface area (Å²) in [5.41, 5.74) is 1.08. The highest BCUT2D eigenvalue weighted by molar-refractivity contribution is 5.82. The monoisotopic (exact) mass is 234 g/mol. The van der Waals surface area contributed by atoms with Gasteiger partial charge in [-0.25, -0.2) is 0 Å². The fourth-order valence-corrected chi connectivity index (χ4v) is 2.06. The van der Waals surface area contributed by atoms with Gasteiger partial charge < -0.3 is 15.7 Å². The van der Waals surface area contributed by atoms with Crippen LogP contribution < -0.4 is 10.6 Å². The molecule has 0 saturated carbocycles. The van der Waals surface area contributed by atoms with Gasteiger partial charge in [0, 0.05) is 6.54 Å². The topological polar surface area (TPSA) is 61.4 Å². The van der Waals surface area contributed by atoms with Gasteiger partial charge >= 0.3 is 0 Å². The average molecular weight is 234 g/mol. The predicted octanol–water partition coefficient (Wildman–Crippen LogP) is 0.587. The van der Waals surface area contributed by atoms with E-state index in [1.165, 1.54) is 0 Å². The standard InChI is InChI=1S/C13H18N2O2/c1-9(10-5-3-2-4-6-10)15-13(17)12-7-11(16)8-14-12/h2-6,9,11-12,14,16H,7-8H2,1H3,(H,15,17). The highest BCUT2D eigenvalue weighted by atomic mass is 16.3. The summed E-state index contributed by atoms with van der Waals surface area (Å²) >= 11 is 0. The molecule has 4 nitrogen and oxygen atoms in total. The second-order valence-corrected chi connectivity index (χ2v) is 4.49. The van der Waals surface area contributed by atoms with Crippen molar-refractivity contribution in [2.24, 2.45) is 0 Å². The number of hydrogen-bond acceptors (Lipinski definition) is 3. The third-order valence-corrected chi connectivity index (χ3v) is 3.08. The van der Waals surface area contributed by atoms with Crippen molar-refractivity contribution in [1.29, 1.82) is 0 Å². The van der Waals surface area contributed by atoms with E-state index in [2.05, 4.69) is 10.6 Å². The van der Waals surface area contributed by atoms with Gasteiger partial charge in [-0.2, -0.15) is 0 Å². The maximum atomic E-state index is 11.9. The smallest absolute Gasteiger partial charge is 0.237 e. The maximum Gasteiger partial charge on any atom is 0.237 e. The molecule has 1 aliphatic rings. The van der Waals surface area contributed by atoms with Gasteiger partial charge in [-0.3, -0.25) is 4.79 Å². The molecule has 1 fully saturated rings. The highest BCUT2D eigenvalue weighted by Gasteiger charge is 2.28. The number of nitrogens with one attached hydrogen (secondary N) is 2. The van der Waals surface area contributed by atoms with Crippen LogP contribution in [0.1, 0.15) is 24.9 Å². The molecule has 4 heteroatoms. The molecule has 3 N–H and O–H groups in total. The maximum absolute atomic E-state index is 11.9. The van der Waals surface area contributed by atoms with Crippen LogP contribution in [-0.4, -0.2) is 29.7 Å². The van der Waals surface area contributed by atoms with E-state index >= 15 is 0 Å². The van der Waals surface area contributed by atoms with Crippen molar-refractivity contribution in [3.63, 3.8) is 0 Å². The fourth-order valence-electron chi connectivity index (χ4n) is 2.06. The number of rotatable bonds is 3. The summed E-state index contributed by atoms with van der Waals surface area (Å²) in [5, 5.41) is 15.3. The zero-order valence-corrected chi connectivity index (χ0v) is 9.89. The number of carbonyl (C=O) groups excluding carboxylic acids is 1. The van der Waals surface area contributed by atoms with Crippen LogP contribution in [0.5, 0.6) is 0 Å². The Morgan fingerprint density at radius 1 is 1.47 bits per heavy atom. The van der Waals surface area contributed by atoms with Gasteiger partial charge in [-0.05, 0) is 18.9 Å². The molecule has 17 heavy (non-hydrogen) atoms. The van der Waals surface area contributed by atoms with E-state index in [4.69, 9.17) is 0 Å². The molecule has 0 bridgehead atoms. The molecule has 3 unspecified atom stereocenters. The normalized spacial score (nSPS) is 25.5. The Bertz CT molecular complexity index is 380. The molecule has 1 heterocycles. The van der Waals surface area contributed by atoms with Gasteiger partial charge in [0.2, 0.25) is 5.91 Å². The molecular formula is C13H18N2O2. The fraction of sp³-hybridized carbons (Fsp3) is 0.462. The summed E-state index contributed by atoms with van der Waals surface area (Å²) < 4.78 is 0. The first-order valence-electron chi connectivity index (χ1n) is 5.93. The number of hydrogen-bond donors (Lipinski definition) is 3. The molecule has 3 atom stereocenters. The zero-order chi connectivity index (χ0) is 12.3. The summed E-state index contributed by atoms with van der Waals surface area (Å²) in [4.78, 5) is 11.9. The second kappa shape index (κ2) is 5.29. The molecule has 1 saturated heterocycles. The summed E-state index contributed by atoms with van der Waals surface area (Å²) in [5.74, 6) is -0.0436. The molecular weight excluding hydrogens is 216 g/mol. The van der Waals surface area contributed by atoms with E-state index in [9.17, 15) is 9.90 Å². The molecule has 0 aliphatic carbocycles. The van der Waals surface area contributed by atoms with Gasteiger partial charge in [-0.1, -0.05) is 30.3 Å². The third-order valence-electron chi connectivity index (χ3n) is 3.08. The minimum absolute atomic E-state index is 0.0109. The van der Waals surface area contributed by atoms with E-state index in [0.717, 1.165) is 5.56 Å². The molecule has 0 aromatic heterocycles. The van der Waals surface area contributed by atoms with Crippen molar-refractivity contribution in [1.82, 2.24) is 10.6 Å². The van der Waals surface area contributed by atoms with Crippen LogP contribution in [0.15, 0.2) is 30.3 Å². The van der Waals surface area contributed by atoms with Crippen molar-refractivity contribution in [3.05, 3.63) is 35.9 Å². The molecule has 0 radical (unpaired) electrons. The Balaban J connectivity index is 1.91. The van der Waals surface area contributed by atoms with Crippen LogP contribution >= 0.6 is 0 Å². The number of aliphatic hydroxyl groups excluding tert-OH is 1. The van der Waals surface area contributed by atoms with Gasteiger partial charge in [0.15, 0.2) is 0 Å². The Morgan fingerprint density at radius 3 is 2.76 bits per heavy atom. The third kappa shape index (κ3) is 3.05. The predicted molar refractivity (Wildman–Crippen MR) is 65.4 cm³/mol. The van der Waals surface area contributed by atoms with Crippen molar-refractivity contribution in [2.45, 2.75) is 31.5 Å². The summed E-state index contributed by atoms with van der Waals surface area (Å²) in [7, 11) is 0. The molecule has 0 spiro atoms. The second-order valence-electron chi connectivity index (χ2n) is 4.49. The Kier molecular flexibility index (Phi) is 3.76. The molecule has 1 aliphatic heterocycles. The highest BCUT2D eigenvalue weighted by Crippen LogP contribution is 2.13. The van der Waals surface area contributed by atoms with Gasteiger partial charge in [-0.15, -0.1) is 0 Å². The van der Waals surface area contributed by atoms with Crippen LogP contribution in [0.4, 0.5) is 0 Å². The van der Waals surface area contributed by atoms with Gasteiger partial charge in [0.25, 0.3) is 0 Å². The summed E-state index contributed by atoms with van der Waals surface area (Å²) in [6, 6.07) is 9.56. The number of aliphatic hydroxyl groups is 1. The lowest BCUT2D eigenvalue weighted by Crippen LogP contribution is -2.41. The van der Waals surface area contributed by atoms with Crippen molar-refractivity contribution in [3.8, 4) is 0 Å². The molecule has 92 valence electrons. The lowest BCUT2D eigenvalue weighted by Gasteiger charge is -2.17. The SMILES string of the molecule is CC(NC(=O)C1CC(O)CN1)c1ccccc1. The molecule has 1 amide bonds.